The van der Waals surface area contributed by atoms with Crippen molar-refractivity contribution < 1.29 is 13.2 Å². The van der Waals surface area contributed by atoms with Crippen molar-refractivity contribution in [3.05, 3.63) is 63.1 Å². The highest BCUT2D eigenvalue weighted by Gasteiger charge is 2.28. The molecule has 9 heteroatoms. The van der Waals surface area contributed by atoms with Crippen molar-refractivity contribution in [1.29, 1.82) is 0 Å². The Morgan fingerprint density at radius 1 is 1.00 bits per heavy atom. The Morgan fingerprint density at radius 2 is 1.59 bits per heavy atom. The first kappa shape index (κ1) is 24.0. The van der Waals surface area contributed by atoms with Crippen molar-refractivity contribution in [2.45, 2.75) is 32.2 Å². The Bertz CT molecular complexity index is 971. The second-order valence-electron chi connectivity index (χ2n) is 7.80. The highest BCUT2D eigenvalue weighted by Crippen LogP contribution is 2.25. The highest BCUT2D eigenvalue weighted by molar-refractivity contribution is 7.89. The van der Waals surface area contributed by atoms with Gasteiger partial charge in [-0.1, -0.05) is 61.6 Å². The van der Waals surface area contributed by atoms with E-state index in [-0.39, 0.29) is 23.4 Å². The van der Waals surface area contributed by atoms with Crippen LogP contribution < -0.4 is 5.32 Å². The van der Waals surface area contributed by atoms with E-state index in [0.717, 1.165) is 4.31 Å². The molecule has 2 aromatic carbocycles. The molecule has 0 aliphatic heterocycles. The number of nitrogens with one attached hydrogen (secondary N) is 1. The van der Waals surface area contributed by atoms with Crippen molar-refractivity contribution in [3.63, 3.8) is 0 Å². The molecular formula is C20H23Cl3N2O3S. The second-order valence-corrected chi connectivity index (χ2v) is 11.0. The smallest absolute Gasteiger partial charge is 0.243 e. The van der Waals surface area contributed by atoms with Crippen molar-refractivity contribution in [3.8, 4) is 0 Å². The van der Waals surface area contributed by atoms with Crippen molar-refractivity contribution in [2.24, 2.45) is 5.41 Å². The van der Waals surface area contributed by atoms with Crippen molar-refractivity contribution in [2.75, 3.05) is 13.1 Å². The standard InChI is InChI=1S/C20H23Cl3N2O3S/c1-20(2,3)13-24-19(26)12-25(11-14-4-5-16(22)10-18(14)23)29(27,28)17-8-6-15(21)7-9-17/h4-10H,11-13H2,1-3H3,(H,24,26). The molecule has 0 aliphatic carbocycles. The van der Waals surface area contributed by atoms with Crippen LogP contribution in [0.3, 0.4) is 0 Å². The maximum atomic E-state index is 13.2. The van der Waals surface area contributed by atoms with Crippen LogP contribution in [0.1, 0.15) is 26.3 Å². The summed E-state index contributed by atoms with van der Waals surface area (Å²) in [6.45, 7) is 5.92. The number of sulfonamides is 1. The number of halogens is 3. The van der Waals surface area contributed by atoms with Gasteiger partial charge in [0, 0.05) is 28.2 Å². The van der Waals surface area contributed by atoms with E-state index in [0.29, 0.717) is 27.2 Å². The number of carbonyl (C=O) groups excluding carboxylic acids is 1. The summed E-state index contributed by atoms with van der Waals surface area (Å²) < 4.78 is 27.5. The first-order valence-corrected chi connectivity index (χ1v) is 11.4. The quantitative estimate of drug-likeness (QED) is 0.610. The monoisotopic (exact) mass is 476 g/mol. The normalized spacial score (nSPS) is 12.2. The molecular weight excluding hydrogens is 455 g/mol. The van der Waals surface area contributed by atoms with Crippen LogP contribution in [0, 0.1) is 5.41 Å². The SMILES string of the molecule is CC(C)(C)CNC(=O)CN(Cc1ccc(Cl)cc1Cl)S(=O)(=O)c1ccc(Cl)cc1. The van der Waals surface area contributed by atoms with Gasteiger partial charge in [-0.25, -0.2) is 8.42 Å². The van der Waals surface area contributed by atoms with Crippen LogP contribution in [-0.4, -0.2) is 31.7 Å². The molecule has 1 amide bonds. The van der Waals surface area contributed by atoms with E-state index in [2.05, 4.69) is 5.32 Å². The van der Waals surface area contributed by atoms with E-state index >= 15 is 0 Å². The molecule has 0 aromatic heterocycles. The fourth-order valence-corrected chi connectivity index (χ4v) is 4.37. The maximum absolute atomic E-state index is 13.2. The minimum Gasteiger partial charge on any atom is -0.354 e. The van der Waals surface area contributed by atoms with Gasteiger partial charge in [0.1, 0.15) is 0 Å². The van der Waals surface area contributed by atoms with Crippen LogP contribution in [0.2, 0.25) is 15.1 Å². The van der Waals surface area contributed by atoms with Crippen LogP contribution >= 0.6 is 34.8 Å². The van der Waals surface area contributed by atoms with Gasteiger partial charge in [-0.3, -0.25) is 4.79 Å². The molecule has 0 bridgehead atoms. The van der Waals surface area contributed by atoms with Gasteiger partial charge in [0.2, 0.25) is 15.9 Å². The van der Waals surface area contributed by atoms with Crippen LogP contribution in [0.25, 0.3) is 0 Å². The van der Waals surface area contributed by atoms with E-state index in [1.54, 1.807) is 12.1 Å². The lowest BCUT2D eigenvalue weighted by atomic mass is 9.97. The largest absolute Gasteiger partial charge is 0.354 e. The molecule has 0 heterocycles. The summed E-state index contributed by atoms with van der Waals surface area (Å²) in [6, 6.07) is 10.6. The molecule has 2 rings (SSSR count). The van der Waals surface area contributed by atoms with Crippen molar-refractivity contribution >= 4 is 50.7 Å². The number of carbonyl (C=O) groups is 1. The molecule has 0 spiro atoms. The van der Waals surface area contributed by atoms with Gasteiger partial charge in [-0.05, 0) is 47.4 Å². The third-order valence-corrected chi connectivity index (χ3v) is 6.59. The molecule has 5 nitrogen and oxygen atoms in total. The fourth-order valence-electron chi connectivity index (χ4n) is 2.40. The Hall–Kier alpha value is -1.31. The lowest BCUT2D eigenvalue weighted by Gasteiger charge is -2.24. The predicted molar refractivity (Wildman–Crippen MR) is 118 cm³/mol. The van der Waals surface area contributed by atoms with E-state index in [1.165, 1.54) is 30.3 Å². The lowest BCUT2D eigenvalue weighted by Crippen LogP contribution is -2.42. The van der Waals surface area contributed by atoms with E-state index in [9.17, 15) is 13.2 Å². The Labute approximate surface area is 187 Å². The summed E-state index contributed by atoms with van der Waals surface area (Å²) in [5, 5.41) is 3.95. The van der Waals surface area contributed by atoms with Gasteiger partial charge in [0.25, 0.3) is 0 Å². The minimum atomic E-state index is -3.97. The van der Waals surface area contributed by atoms with Crippen LogP contribution in [0.15, 0.2) is 47.4 Å². The summed E-state index contributed by atoms with van der Waals surface area (Å²) in [4.78, 5) is 12.5. The van der Waals surface area contributed by atoms with Gasteiger partial charge in [0.05, 0.1) is 11.4 Å². The molecule has 2 aromatic rings. The maximum Gasteiger partial charge on any atom is 0.243 e. The van der Waals surface area contributed by atoms with Crippen LogP contribution in [0.4, 0.5) is 0 Å². The number of benzene rings is 2. The number of amides is 1. The average Bonchev–Trinajstić information content (AvgIpc) is 2.61. The molecule has 0 saturated carbocycles. The Morgan fingerprint density at radius 3 is 2.14 bits per heavy atom. The van der Waals surface area contributed by atoms with Crippen molar-refractivity contribution in [1.82, 2.24) is 9.62 Å². The zero-order valence-corrected chi connectivity index (χ0v) is 19.5. The molecule has 29 heavy (non-hydrogen) atoms. The van der Waals surface area contributed by atoms with E-state index < -0.39 is 15.9 Å². The summed E-state index contributed by atoms with van der Waals surface area (Å²) in [7, 11) is -3.97. The zero-order chi connectivity index (χ0) is 21.8. The number of nitrogens with zero attached hydrogens (tertiary/aromatic N) is 1. The number of rotatable bonds is 7. The van der Waals surface area contributed by atoms with Gasteiger partial charge in [-0.15, -0.1) is 0 Å². The molecule has 0 aliphatic rings. The molecule has 0 saturated heterocycles. The summed E-state index contributed by atoms with van der Waals surface area (Å²) in [6.07, 6.45) is 0. The topological polar surface area (TPSA) is 66.5 Å². The molecule has 0 atom stereocenters. The minimum absolute atomic E-state index is 0.0376. The summed E-state index contributed by atoms with van der Waals surface area (Å²) in [5.41, 5.74) is 0.409. The van der Waals surface area contributed by atoms with E-state index in [1.807, 2.05) is 20.8 Å². The van der Waals surface area contributed by atoms with Crippen LogP contribution in [-0.2, 0) is 21.4 Å². The highest BCUT2D eigenvalue weighted by atomic mass is 35.5. The number of hydrogen-bond acceptors (Lipinski definition) is 3. The molecule has 158 valence electrons. The van der Waals surface area contributed by atoms with Gasteiger partial charge in [0.15, 0.2) is 0 Å². The van der Waals surface area contributed by atoms with Gasteiger partial charge >= 0.3 is 0 Å². The average molecular weight is 478 g/mol. The third-order valence-electron chi connectivity index (χ3n) is 3.95. The zero-order valence-electron chi connectivity index (χ0n) is 16.4. The van der Waals surface area contributed by atoms with Gasteiger partial charge < -0.3 is 5.32 Å². The van der Waals surface area contributed by atoms with E-state index in [4.69, 9.17) is 34.8 Å². The number of hydrogen-bond donors (Lipinski definition) is 1. The van der Waals surface area contributed by atoms with Gasteiger partial charge in [-0.2, -0.15) is 4.31 Å². The molecule has 1 N–H and O–H groups in total. The lowest BCUT2D eigenvalue weighted by molar-refractivity contribution is -0.121. The van der Waals surface area contributed by atoms with Crippen LogP contribution in [0.5, 0.6) is 0 Å². The third kappa shape index (κ3) is 7.15. The predicted octanol–water partition coefficient (Wildman–Crippen LogP) is 5.00. The second kappa shape index (κ2) is 9.67. The summed E-state index contributed by atoms with van der Waals surface area (Å²) in [5.74, 6) is -0.400. The first-order valence-electron chi connectivity index (χ1n) is 8.85. The Balaban J connectivity index is 2.33. The molecule has 0 unspecified atom stereocenters. The molecule has 0 fully saturated rings. The fraction of sp³-hybridized carbons (Fsp3) is 0.350. The molecule has 0 radical (unpaired) electrons. The summed E-state index contributed by atoms with van der Waals surface area (Å²) >= 11 is 18.0. The first-order chi connectivity index (χ1) is 13.4. The Kier molecular flexibility index (Phi) is 7.99.